The van der Waals surface area contributed by atoms with Gasteiger partial charge in [-0.05, 0) is 12.1 Å². The lowest BCUT2D eigenvalue weighted by atomic mass is 10.1. The Kier molecular flexibility index (Phi) is 4.73. The van der Waals surface area contributed by atoms with Crippen LogP contribution in [0.4, 0.5) is 17.1 Å². The fraction of sp³-hybridized carbons (Fsp3) is 0.167. The molecule has 0 unspecified atom stereocenters. The monoisotopic (exact) mass is 383 g/mol. The molecule has 0 saturated heterocycles. The molecule has 0 N–H and O–H groups in total. The Morgan fingerprint density at radius 2 is 2.04 bits per heavy atom. The Morgan fingerprint density at radius 1 is 1.42 bits per heavy atom. The lowest BCUT2D eigenvalue weighted by Crippen LogP contribution is -2.06. The number of rotatable bonds is 4. The second-order valence-electron chi connectivity index (χ2n) is 4.35. The van der Waals surface area contributed by atoms with Crippen LogP contribution in [0.2, 0.25) is 5.02 Å². The first-order valence-corrected chi connectivity index (χ1v) is 7.68. The quantitative estimate of drug-likeness (QED) is 0.598. The lowest BCUT2D eigenvalue weighted by molar-refractivity contribution is -0.0552. The van der Waals surface area contributed by atoms with Crippen molar-refractivity contribution in [1.82, 2.24) is 9.78 Å². The zero-order valence-electron chi connectivity index (χ0n) is 11.6. The molecule has 12 heteroatoms. The molecule has 0 bridgehead atoms. The molecule has 0 fully saturated rings. The molecule has 0 saturated carbocycles. The number of nitriles is 1. The van der Waals surface area contributed by atoms with Gasteiger partial charge in [-0.2, -0.15) is 27.6 Å². The summed E-state index contributed by atoms with van der Waals surface area (Å²) in [6.07, 6.45) is 0. The maximum atomic E-state index is 14.1. The van der Waals surface area contributed by atoms with E-state index in [1.165, 1.54) is 13.1 Å². The van der Waals surface area contributed by atoms with Gasteiger partial charge < -0.3 is 4.74 Å². The third-order valence-corrected chi connectivity index (χ3v) is 4.05. The molecule has 0 aliphatic rings. The minimum atomic E-state index is -5.35. The van der Waals surface area contributed by atoms with E-state index in [-0.39, 0.29) is 0 Å². The molecule has 1 heterocycles. The van der Waals surface area contributed by atoms with E-state index in [1.807, 2.05) is 0 Å². The molecule has 6 nitrogen and oxygen atoms in total. The number of aromatic nitrogens is 2. The number of benzene rings is 1. The van der Waals surface area contributed by atoms with E-state index >= 15 is 0 Å². The Balaban J connectivity index is 2.73. The van der Waals surface area contributed by atoms with Crippen molar-refractivity contribution in [3.63, 3.8) is 0 Å². The van der Waals surface area contributed by atoms with E-state index < -0.39 is 55.3 Å². The molecule has 1 aromatic heterocycles. The molecule has 0 aliphatic heterocycles. The van der Waals surface area contributed by atoms with Gasteiger partial charge in [0.2, 0.25) is 5.88 Å². The molecule has 128 valence electrons. The normalized spacial score (nSPS) is 11.6. The molecular weight excluding hydrogens is 378 g/mol. The van der Waals surface area contributed by atoms with Crippen LogP contribution < -0.4 is 4.74 Å². The number of aryl methyl sites for hydroxylation is 1. The minimum absolute atomic E-state index is 0.457. The summed E-state index contributed by atoms with van der Waals surface area (Å²) in [5, 5.41) is 11.9. The average Bonchev–Trinajstić information content (AvgIpc) is 2.73. The van der Waals surface area contributed by atoms with Gasteiger partial charge in [-0.1, -0.05) is 11.6 Å². The third kappa shape index (κ3) is 3.29. The van der Waals surface area contributed by atoms with Gasteiger partial charge in [0.05, 0.1) is 5.56 Å². The van der Waals surface area contributed by atoms with E-state index in [1.54, 1.807) is 0 Å². The first-order valence-electron chi connectivity index (χ1n) is 5.92. The summed E-state index contributed by atoms with van der Waals surface area (Å²) >= 11 is 5.80. The molecular formula is C12H6ClF4N3O3S. The van der Waals surface area contributed by atoms with Crippen LogP contribution in [0.1, 0.15) is 5.56 Å². The van der Waals surface area contributed by atoms with Gasteiger partial charge in [0.15, 0.2) is 0 Å². The van der Waals surface area contributed by atoms with E-state index in [0.29, 0.717) is 12.1 Å². The number of nitrogens with zero attached hydrogens (tertiary/aromatic N) is 3. The summed E-state index contributed by atoms with van der Waals surface area (Å²) < 4.78 is 79.1. The van der Waals surface area contributed by atoms with Crippen molar-refractivity contribution in [2.24, 2.45) is 7.05 Å². The third-order valence-electron chi connectivity index (χ3n) is 2.85. The fourth-order valence-electron chi connectivity index (χ4n) is 1.89. The number of hydrogen-bond donors (Lipinski definition) is 0. The molecule has 0 atom stereocenters. The van der Waals surface area contributed by atoms with Gasteiger partial charge in [0, 0.05) is 12.6 Å². The Hall–Kier alpha value is -2.32. The molecule has 1 aromatic carbocycles. The molecule has 24 heavy (non-hydrogen) atoms. The SMILES string of the molecule is Cn1nc(-c2cc(S(=O)(=O)F)c(C#N)cc2F)c(Cl)c1OC(F)F. The predicted octanol–water partition coefficient (Wildman–Crippen LogP) is 3.01. The topological polar surface area (TPSA) is 85.0 Å². The average molecular weight is 384 g/mol. The Morgan fingerprint density at radius 3 is 2.54 bits per heavy atom. The number of hydrogen-bond acceptors (Lipinski definition) is 5. The minimum Gasteiger partial charge on any atom is -0.416 e. The van der Waals surface area contributed by atoms with Crippen molar-refractivity contribution >= 4 is 21.8 Å². The predicted molar refractivity (Wildman–Crippen MR) is 73.3 cm³/mol. The maximum absolute atomic E-state index is 14.1. The maximum Gasteiger partial charge on any atom is 0.388 e. The van der Waals surface area contributed by atoms with Crippen molar-refractivity contribution < 1.29 is 30.2 Å². The number of alkyl halides is 2. The molecule has 0 aliphatic carbocycles. The summed E-state index contributed by atoms with van der Waals surface area (Å²) in [6, 6.07) is 2.31. The highest BCUT2D eigenvalue weighted by molar-refractivity contribution is 7.86. The van der Waals surface area contributed by atoms with Crippen LogP contribution in [0.25, 0.3) is 11.3 Å². The molecule has 0 radical (unpaired) electrons. The largest absolute Gasteiger partial charge is 0.416 e. The highest BCUT2D eigenvalue weighted by Gasteiger charge is 2.26. The van der Waals surface area contributed by atoms with Crippen molar-refractivity contribution in [2.75, 3.05) is 0 Å². The summed E-state index contributed by atoms with van der Waals surface area (Å²) in [7, 11) is -4.18. The zero-order valence-corrected chi connectivity index (χ0v) is 13.2. The van der Waals surface area contributed by atoms with Gasteiger partial charge in [-0.15, -0.1) is 3.89 Å². The Labute approximate surface area is 138 Å². The first-order chi connectivity index (χ1) is 11.1. The standard InChI is InChI=1S/C12H6ClF4N3O3S/c1-20-11(23-12(15)16)9(13)10(19-20)6-3-8(24(17,21)22)5(4-18)2-7(6)14/h2-3,12H,1H3. The highest BCUT2D eigenvalue weighted by Crippen LogP contribution is 2.38. The highest BCUT2D eigenvalue weighted by atomic mass is 35.5. The van der Waals surface area contributed by atoms with Gasteiger partial charge in [-0.25, -0.2) is 9.07 Å². The zero-order chi connectivity index (χ0) is 18.2. The van der Waals surface area contributed by atoms with E-state index in [2.05, 4.69) is 9.84 Å². The fourth-order valence-corrected chi connectivity index (χ4v) is 2.82. The van der Waals surface area contributed by atoms with Gasteiger partial charge in [-0.3, -0.25) is 0 Å². The lowest BCUT2D eigenvalue weighted by Gasteiger charge is -2.05. The summed E-state index contributed by atoms with van der Waals surface area (Å²) in [6.45, 7) is -3.24. The van der Waals surface area contributed by atoms with Crippen molar-refractivity contribution in [2.45, 2.75) is 11.5 Å². The van der Waals surface area contributed by atoms with Gasteiger partial charge in [0.25, 0.3) is 0 Å². The smallest absolute Gasteiger partial charge is 0.388 e. The van der Waals surface area contributed by atoms with Crippen LogP contribution in [0, 0.1) is 17.1 Å². The van der Waals surface area contributed by atoms with Crippen LogP contribution in [-0.2, 0) is 17.3 Å². The molecule has 2 rings (SSSR count). The Bertz CT molecular complexity index is 953. The summed E-state index contributed by atoms with van der Waals surface area (Å²) in [5.74, 6) is -1.75. The van der Waals surface area contributed by atoms with Crippen LogP contribution in [0.15, 0.2) is 17.0 Å². The van der Waals surface area contributed by atoms with Crippen molar-refractivity contribution in [1.29, 1.82) is 5.26 Å². The van der Waals surface area contributed by atoms with E-state index in [0.717, 1.165) is 4.68 Å². The van der Waals surface area contributed by atoms with Crippen LogP contribution in [0.3, 0.4) is 0 Å². The van der Waals surface area contributed by atoms with Crippen molar-refractivity contribution in [3.05, 3.63) is 28.5 Å². The molecule has 0 spiro atoms. The van der Waals surface area contributed by atoms with E-state index in [4.69, 9.17) is 16.9 Å². The number of halogens is 5. The van der Waals surface area contributed by atoms with Crippen LogP contribution >= 0.6 is 11.6 Å². The van der Waals surface area contributed by atoms with Gasteiger partial charge in [0.1, 0.15) is 27.5 Å². The second-order valence-corrected chi connectivity index (χ2v) is 6.04. The summed E-state index contributed by atoms with van der Waals surface area (Å²) in [5.41, 5.74) is -1.83. The van der Waals surface area contributed by atoms with Crippen LogP contribution in [-0.4, -0.2) is 24.8 Å². The first kappa shape index (κ1) is 18.0. The van der Waals surface area contributed by atoms with Crippen molar-refractivity contribution in [3.8, 4) is 23.2 Å². The van der Waals surface area contributed by atoms with E-state index in [9.17, 15) is 25.5 Å². The second kappa shape index (κ2) is 6.29. The van der Waals surface area contributed by atoms with Gasteiger partial charge >= 0.3 is 16.8 Å². The molecule has 0 amide bonds. The van der Waals surface area contributed by atoms with Crippen LogP contribution in [0.5, 0.6) is 5.88 Å². The number of ether oxygens (including phenoxy) is 1. The molecule has 2 aromatic rings. The summed E-state index contributed by atoms with van der Waals surface area (Å²) in [4.78, 5) is -1.10.